The van der Waals surface area contributed by atoms with Crippen molar-refractivity contribution in [1.29, 1.82) is 0 Å². The van der Waals surface area contributed by atoms with Crippen LogP contribution in [0, 0.1) is 0 Å². The predicted octanol–water partition coefficient (Wildman–Crippen LogP) is 5.74. The summed E-state index contributed by atoms with van der Waals surface area (Å²) >= 11 is 0. The first-order chi connectivity index (χ1) is 14.6. The van der Waals surface area contributed by atoms with E-state index in [-0.39, 0.29) is 0 Å². The molecule has 0 atom stereocenters. The van der Waals surface area contributed by atoms with E-state index in [0.717, 1.165) is 48.7 Å². The van der Waals surface area contributed by atoms with Gasteiger partial charge in [0.25, 0.3) is 0 Å². The van der Waals surface area contributed by atoms with Gasteiger partial charge in [-0.3, -0.25) is 0 Å². The third-order valence-electron chi connectivity index (χ3n) is 5.29. The Hall–Kier alpha value is -2.37. The highest BCUT2D eigenvalue weighted by atomic mass is 32.2. The molecule has 0 saturated heterocycles. The Labute approximate surface area is 180 Å². The van der Waals surface area contributed by atoms with Crippen LogP contribution in [0.25, 0.3) is 10.8 Å². The first-order valence-corrected chi connectivity index (χ1v) is 12.4. The molecule has 0 aliphatic rings. The quantitative estimate of drug-likeness (QED) is 0.364. The molecule has 0 saturated carbocycles. The zero-order valence-electron chi connectivity index (χ0n) is 17.7. The Balaban J connectivity index is 1.38. The van der Waals surface area contributed by atoms with Gasteiger partial charge in [0.1, 0.15) is 0 Å². The Morgan fingerprint density at radius 1 is 0.767 bits per heavy atom. The van der Waals surface area contributed by atoms with E-state index in [4.69, 9.17) is 0 Å². The average molecular weight is 425 g/mol. The lowest BCUT2D eigenvalue weighted by Gasteiger charge is -2.10. The van der Waals surface area contributed by atoms with Crippen molar-refractivity contribution in [2.75, 3.05) is 18.4 Å². The number of benzene rings is 3. The van der Waals surface area contributed by atoms with Gasteiger partial charge in [0.2, 0.25) is 10.0 Å². The molecule has 0 unspecified atom stereocenters. The molecular formula is C25H32N2O2S. The summed E-state index contributed by atoms with van der Waals surface area (Å²) in [7, 11) is -3.50. The van der Waals surface area contributed by atoms with Crippen molar-refractivity contribution < 1.29 is 8.42 Å². The Bertz CT molecular complexity index is 1030. The molecule has 0 radical (unpaired) electrons. The van der Waals surface area contributed by atoms with Crippen LogP contribution in [0.1, 0.15) is 44.6 Å². The molecule has 3 aromatic rings. The van der Waals surface area contributed by atoms with E-state index >= 15 is 0 Å². The van der Waals surface area contributed by atoms with Crippen LogP contribution in [0.5, 0.6) is 0 Å². The normalized spacial score (nSPS) is 11.6. The van der Waals surface area contributed by atoms with Crippen LogP contribution >= 0.6 is 0 Å². The minimum absolute atomic E-state index is 0.352. The molecule has 0 bridgehead atoms. The number of hydrogen-bond acceptors (Lipinski definition) is 3. The maximum atomic E-state index is 12.7. The van der Waals surface area contributed by atoms with E-state index < -0.39 is 10.0 Å². The van der Waals surface area contributed by atoms with E-state index in [1.807, 2.05) is 30.3 Å². The fourth-order valence-corrected chi connectivity index (χ4v) is 4.85. The third-order valence-corrected chi connectivity index (χ3v) is 6.81. The monoisotopic (exact) mass is 424 g/mol. The zero-order valence-corrected chi connectivity index (χ0v) is 18.5. The van der Waals surface area contributed by atoms with Crippen LogP contribution < -0.4 is 10.0 Å². The van der Waals surface area contributed by atoms with Gasteiger partial charge in [-0.25, -0.2) is 13.1 Å². The lowest BCUT2D eigenvalue weighted by atomic mass is 10.1. The molecule has 30 heavy (non-hydrogen) atoms. The predicted molar refractivity (Wildman–Crippen MR) is 127 cm³/mol. The van der Waals surface area contributed by atoms with Gasteiger partial charge >= 0.3 is 0 Å². The molecule has 0 aliphatic carbocycles. The van der Waals surface area contributed by atoms with Crippen LogP contribution in [-0.4, -0.2) is 21.5 Å². The number of aryl methyl sites for hydroxylation is 1. The number of anilines is 1. The number of unbranched alkanes of at least 4 members (excludes halogenated alkanes) is 3. The van der Waals surface area contributed by atoms with E-state index in [0.29, 0.717) is 11.4 Å². The molecule has 3 rings (SSSR count). The van der Waals surface area contributed by atoms with Crippen LogP contribution in [0.3, 0.4) is 0 Å². The number of nitrogens with one attached hydrogen (secondary N) is 2. The topological polar surface area (TPSA) is 58.2 Å². The first kappa shape index (κ1) is 22.3. The van der Waals surface area contributed by atoms with Crippen molar-refractivity contribution in [1.82, 2.24) is 4.72 Å². The average Bonchev–Trinajstić information content (AvgIpc) is 2.77. The van der Waals surface area contributed by atoms with Crippen molar-refractivity contribution in [2.24, 2.45) is 0 Å². The molecule has 160 valence electrons. The second-order valence-electron chi connectivity index (χ2n) is 7.66. The largest absolute Gasteiger partial charge is 0.385 e. The van der Waals surface area contributed by atoms with Gasteiger partial charge in [-0.1, -0.05) is 68.3 Å². The van der Waals surface area contributed by atoms with Gasteiger partial charge in [-0.05, 0) is 54.8 Å². The van der Waals surface area contributed by atoms with Gasteiger partial charge in [0, 0.05) is 24.2 Å². The lowest BCUT2D eigenvalue weighted by molar-refractivity contribution is 0.576. The number of sulfonamides is 1. The van der Waals surface area contributed by atoms with Crippen LogP contribution in [0.4, 0.5) is 5.69 Å². The van der Waals surface area contributed by atoms with Crippen molar-refractivity contribution in [3.8, 4) is 0 Å². The summed E-state index contributed by atoms with van der Waals surface area (Å²) in [5, 5.41) is 5.14. The summed E-state index contributed by atoms with van der Waals surface area (Å²) in [6.45, 7) is 3.56. The Morgan fingerprint density at radius 3 is 2.30 bits per heavy atom. The summed E-state index contributed by atoms with van der Waals surface area (Å²) in [4.78, 5) is 0.352. The summed E-state index contributed by atoms with van der Waals surface area (Å²) < 4.78 is 28.1. The van der Waals surface area contributed by atoms with E-state index in [9.17, 15) is 8.42 Å². The molecule has 0 aliphatic heterocycles. The maximum absolute atomic E-state index is 12.7. The highest BCUT2D eigenvalue weighted by molar-refractivity contribution is 7.89. The highest BCUT2D eigenvalue weighted by Crippen LogP contribution is 2.22. The van der Waals surface area contributed by atoms with E-state index in [1.165, 1.54) is 18.4 Å². The lowest BCUT2D eigenvalue weighted by Crippen LogP contribution is -2.25. The minimum Gasteiger partial charge on any atom is -0.385 e. The molecule has 5 heteroatoms. The van der Waals surface area contributed by atoms with E-state index in [1.54, 1.807) is 12.1 Å². The van der Waals surface area contributed by atoms with Gasteiger partial charge in [0.05, 0.1) is 4.90 Å². The molecule has 0 aromatic heterocycles. The van der Waals surface area contributed by atoms with Crippen LogP contribution in [0.2, 0.25) is 0 Å². The first-order valence-electron chi connectivity index (χ1n) is 10.9. The van der Waals surface area contributed by atoms with Gasteiger partial charge in [0.15, 0.2) is 0 Å². The van der Waals surface area contributed by atoms with Gasteiger partial charge < -0.3 is 5.32 Å². The van der Waals surface area contributed by atoms with E-state index in [2.05, 4.69) is 41.2 Å². The summed E-state index contributed by atoms with van der Waals surface area (Å²) in [6, 6.07) is 21.6. The second kappa shape index (κ2) is 11.1. The van der Waals surface area contributed by atoms with Gasteiger partial charge in [-0.15, -0.1) is 0 Å². The van der Waals surface area contributed by atoms with Crippen molar-refractivity contribution >= 4 is 26.5 Å². The Kier molecular flexibility index (Phi) is 8.29. The number of fused-ring (bicyclic) bond motifs is 1. The molecule has 0 spiro atoms. The van der Waals surface area contributed by atoms with Crippen LogP contribution in [-0.2, 0) is 16.4 Å². The minimum atomic E-state index is -3.50. The summed E-state index contributed by atoms with van der Waals surface area (Å²) in [6.07, 6.45) is 6.40. The molecule has 0 amide bonds. The number of hydrogen-bond donors (Lipinski definition) is 2. The van der Waals surface area contributed by atoms with Crippen molar-refractivity contribution in [3.05, 3.63) is 72.3 Å². The second-order valence-corrected chi connectivity index (χ2v) is 9.40. The highest BCUT2D eigenvalue weighted by Gasteiger charge is 2.16. The molecule has 0 fully saturated rings. The molecular weight excluding hydrogens is 392 g/mol. The standard InChI is InChI=1S/C25H32N2O2S/c1-2-3-10-21-15-17-23(18-16-21)26-19-7-4-8-20-27-30(28,29)25-14-9-12-22-11-5-6-13-24(22)25/h5-6,9,11-18,26-27H,2-4,7-8,10,19-20H2,1H3. The van der Waals surface area contributed by atoms with Crippen molar-refractivity contribution in [3.63, 3.8) is 0 Å². The molecule has 0 heterocycles. The fraction of sp³-hybridized carbons (Fsp3) is 0.360. The SMILES string of the molecule is CCCCc1ccc(NCCCCCNS(=O)(=O)c2cccc3ccccc23)cc1. The zero-order chi connectivity index (χ0) is 21.2. The Morgan fingerprint density at radius 2 is 1.50 bits per heavy atom. The summed E-state index contributed by atoms with van der Waals surface area (Å²) in [5.41, 5.74) is 2.53. The number of rotatable bonds is 12. The molecule has 3 aromatic carbocycles. The smallest absolute Gasteiger partial charge is 0.241 e. The maximum Gasteiger partial charge on any atom is 0.241 e. The molecule has 2 N–H and O–H groups in total. The van der Waals surface area contributed by atoms with Crippen molar-refractivity contribution in [2.45, 2.75) is 50.3 Å². The third kappa shape index (κ3) is 6.31. The fourth-order valence-electron chi connectivity index (χ4n) is 3.54. The molecule has 4 nitrogen and oxygen atoms in total. The van der Waals surface area contributed by atoms with Crippen LogP contribution in [0.15, 0.2) is 71.6 Å². The summed E-state index contributed by atoms with van der Waals surface area (Å²) in [5.74, 6) is 0. The van der Waals surface area contributed by atoms with Gasteiger partial charge in [-0.2, -0.15) is 0 Å².